The molecule has 2 atom stereocenters. The maximum atomic E-state index is 9.32. The lowest BCUT2D eigenvalue weighted by atomic mass is 10.1. The van der Waals surface area contributed by atoms with Gasteiger partial charge in [0.05, 0.1) is 11.6 Å². The largest absolute Gasteiger partial charge is 0.353 e. The molecule has 1 aromatic heterocycles. The van der Waals surface area contributed by atoms with Crippen LogP contribution >= 0.6 is 11.6 Å². The van der Waals surface area contributed by atoms with Crippen LogP contribution in [-0.4, -0.2) is 41.6 Å². The summed E-state index contributed by atoms with van der Waals surface area (Å²) in [6, 6.07) is 14.4. The summed E-state index contributed by atoms with van der Waals surface area (Å²) in [6.07, 6.45) is 3.97. The Morgan fingerprint density at radius 1 is 1.15 bits per heavy atom. The second-order valence-corrected chi connectivity index (χ2v) is 7.13. The van der Waals surface area contributed by atoms with Crippen LogP contribution in [0.5, 0.6) is 0 Å². The number of aromatic nitrogens is 1. The van der Waals surface area contributed by atoms with Crippen LogP contribution in [-0.2, 0) is 0 Å². The molecule has 0 unspecified atom stereocenters. The van der Waals surface area contributed by atoms with Crippen molar-refractivity contribution in [2.45, 2.75) is 24.9 Å². The smallest absolute Gasteiger partial charge is 0.146 e. The molecule has 3 heterocycles. The first-order chi connectivity index (χ1) is 12.7. The minimum atomic E-state index is 0.292. The Kier molecular flexibility index (Phi) is 4.80. The fraction of sp³-hybridized carbons (Fsp3) is 0.333. The molecule has 0 N–H and O–H groups in total. The summed E-state index contributed by atoms with van der Waals surface area (Å²) in [7, 11) is 0. The molecule has 0 bridgehead atoms. The van der Waals surface area contributed by atoms with Crippen molar-refractivity contribution in [2.75, 3.05) is 24.5 Å². The third-order valence-corrected chi connectivity index (χ3v) is 5.35. The van der Waals surface area contributed by atoms with E-state index in [0.717, 1.165) is 48.9 Å². The Morgan fingerprint density at radius 3 is 2.92 bits per heavy atom. The topological polar surface area (TPSA) is 43.2 Å². The molecule has 0 aliphatic carbocycles. The fourth-order valence-corrected chi connectivity index (χ4v) is 4.06. The Labute approximate surface area is 159 Å². The Morgan fingerprint density at radius 2 is 2.08 bits per heavy atom. The van der Waals surface area contributed by atoms with E-state index in [9.17, 15) is 5.26 Å². The normalized spacial score (nSPS) is 22.2. The lowest BCUT2D eigenvalue weighted by Gasteiger charge is -2.39. The molecule has 4 nitrogen and oxygen atoms in total. The van der Waals surface area contributed by atoms with Gasteiger partial charge in [0, 0.05) is 42.5 Å². The zero-order chi connectivity index (χ0) is 17.9. The molecule has 26 heavy (non-hydrogen) atoms. The number of hydrogen-bond donors (Lipinski definition) is 0. The molecular formula is C21H19ClN4. The maximum absolute atomic E-state index is 9.32. The number of pyridine rings is 1. The first kappa shape index (κ1) is 16.9. The highest BCUT2D eigenvalue weighted by molar-refractivity contribution is 6.30. The molecule has 130 valence electrons. The summed E-state index contributed by atoms with van der Waals surface area (Å²) in [5, 5.41) is 10.0. The number of nitrogens with zero attached hydrogens (tertiary/aromatic N) is 4. The molecule has 0 saturated carbocycles. The Bertz CT molecular complexity index is 908. The number of piperazine rings is 1. The highest BCUT2D eigenvalue weighted by Crippen LogP contribution is 2.29. The molecule has 2 aliphatic rings. The molecule has 2 aliphatic heterocycles. The van der Waals surface area contributed by atoms with Gasteiger partial charge in [0.2, 0.25) is 0 Å². The molecule has 4 rings (SSSR count). The van der Waals surface area contributed by atoms with Gasteiger partial charge in [0.25, 0.3) is 0 Å². The summed E-state index contributed by atoms with van der Waals surface area (Å²) in [5.74, 6) is 7.52. The second-order valence-electron chi connectivity index (χ2n) is 6.70. The standard InChI is InChI=1S/C21H19ClN4/c22-18-5-1-3-16(13-18)6-7-19-8-9-20-15-25(11-12-26(19)20)21-17(14-23)4-2-10-24-21/h1-5,10,13,19-20H,8-9,11-12,15H2/t19-,20+/m1/s1. The molecule has 5 heteroatoms. The van der Waals surface area contributed by atoms with Crippen molar-refractivity contribution < 1.29 is 0 Å². The van der Waals surface area contributed by atoms with Gasteiger partial charge in [0.15, 0.2) is 0 Å². The molecule has 2 saturated heterocycles. The number of benzene rings is 1. The van der Waals surface area contributed by atoms with Gasteiger partial charge in [-0.1, -0.05) is 29.5 Å². The Hall–Kier alpha value is -2.53. The molecule has 2 fully saturated rings. The average molecular weight is 363 g/mol. The van der Waals surface area contributed by atoms with Crippen LogP contribution < -0.4 is 4.90 Å². The Balaban J connectivity index is 1.47. The van der Waals surface area contributed by atoms with Crippen molar-refractivity contribution in [3.05, 3.63) is 58.7 Å². The number of hydrogen-bond acceptors (Lipinski definition) is 4. The summed E-state index contributed by atoms with van der Waals surface area (Å²) in [5.41, 5.74) is 1.61. The first-order valence-corrected chi connectivity index (χ1v) is 9.25. The van der Waals surface area contributed by atoms with E-state index in [4.69, 9.17) is 11.6 Å². The van der Waals surface area contributed by atoms with Gasteiger partial charge in [-0.15, -0.1) is 0 Å². The maximum Gasteiger partial charge on any atom is 0.146 e. The summed E-state index contributed by atoms with van der Waals surface area (Å²) in [6.45, 7) is 2.72. The molecule has 0 radical (unpaired) electrons. The zero-order valence-electron chi connectivity index (χ0n) is 14.4. The van der Waals surface area contributed by atoms with Crippen LogP contribution in [0.25, 0.3) is 0 Å². The first-order valence-electron chi connectivity index (χ1n) is 8.87. The number of anilines is 1. The lowest BCUT2D eigenvalue weighted by Crippen LogP contribution is -2.52. The summed E-state index contributed by atoms with van der Waals surface area (Å²) in [4.78, 5) is 9.18. The van der Waals surface area contributed by atoms with Crippen molar-refractivity contribution >= 4 is 17.4 Å². The fourth-order valence-electron chi connectivity index (χ4n) is 3.87. The van der Waals surface area contributed by atoms with Crippen LogP contribution in [0.3, 0.4) is 0 Å². The zero-order valence-corrected chi connectivity index (χ0v) is 15.2. The lowest BCUT2D eigenvalue weighted by molar-refractivity contribution is 0.202. The summed E-state index contributed by atoms with van der Waals surface area (Å²) < 4.78 is 0. The molecular weight excluding hydrogens is 344 g/mol. The number of halogens is 1. The minimum Gasteiger partial charge on any atom is -0.353 e. The minimum absolute atomic E-state index is 0.292. The van der Waals surface area contributed by atoms with Crippen LogP contribution in [0.2, 0.25) is 5.02 Å². The molecule has 2 aromatic rings. The van der Waals surface area contributed by atoms with E-state index in [2.05, 4.69) is 32.7 Å². The summed E-state index contributed by atoms with van der Waals surface area (Å²) >= 11 is 6.04. The quantitative estimate of drug-likeness (QED) is 0.730. The van der Waals surface area contributed by atoms with Crippen LogP contribution in [0.4, 0.5) is 5.82 Å². The van der Waals surface area contributed by atoms with E-state index < -0.39 is 0 Å². The van der Waals surface area contributed by atoms with Gasteiger partial charge < -0.3 is 4.90 Å². The van der Waals surface area contributed by atoms with Crippen LogP contribution in [0.15, 0.2) is 42.6 Å². The molecule has 0 spiro atoms. The van der Waals surface area contributed by atoms with Gasteiger partial charge in [0.1, 0.15) is 11.9 Å². The van der Waals surface area contributed by atoms with Gasteiger partial charge in [-0.05, 0) is 43.2 Å². The van der Waals surface area contributed by atoms with Crippen molar-refractivity contribution in [1.82, 2.24) is 9.88 Å². The molecule has 0 amide bonds. The van der Waals surface area contributed by atoms with E-state index in [1.54, 1.807) is 6.20 Å². The van der Waals surface area contributed by atoms with Crippen molar-refractivity contribution in [3.8, 4) is 17.9 Å². The van der Waals surface area contributed by atoms with Crippen molar-refractivity contribution in [3.63, 3.8) is 0 Å². The van der Waals surface area contributed by atoms with E-state index in [-0.39, 0.29) is 0 Å². The third-order valence-electron chi connectivity index (χ3n) is 5.12. The SMILES string of the molecule is N#Cc1cccnc1N1CCN2[C@@H](CC[C@H]2C#Cc2cccc(Cl)c2)C1. The van der Waals surface area contributed by atoms with E-state index in [0.29, 0.717) is 17.6 Å². The van der Waals surface area contributed by atoms with Gasteiger partial charge >= 0.3 is 0 Å². The molecule has 1 aromatic carbocycles. The van der Waals surface area contributed by atoms with Gasteiger partial charge in [-0.3, -0.25) is 4.90 Å². The number of fused-ring (bicyclic) bond motifs is 1. The predicted octanol–water partition coefficient (Wildman–Crippen LogP) is 3.31. The predicted molar refractivity (Wildman–Crippen MR) is 103 cm³/mol. The van der Waals surface area contributed by atoms with Crippen LogP contribution in [0.1, 0.15) is 24.0 Å². The average Bonchev–Trinajstić information content (AvgIpc) is 3.08. The highest BCUT2D eigenvalue weighted by Gasteiger charge is 2.37. The number of nitriles is 1. The second kappa shape index (κ2) is 7.38. The highest BCUT2D eigenvalue weighted by atomic mass is 35.5. The van der Waals surface area contributed by atoms with E-state index in [1.165, 1.54) is 0 Å². The monoisotopic (exact) mass is 362 g/mol. The van der Waals surface area contributed by atoms with Gasteiger partial charge in [-0.25, -0.2) is 4.98 Å². The van der Waals surface area contributed by atoms with Crippen molar-refractivity contribution in [1.29, 1.82) is 5.26 Å². The van der Waals surface area contributed by atoms with E-state index in [1.807, 2.05) is 36.4 Å². The van der Waals surface area contributed by atoms with E-state index >= 15 is 0 Å². The van der Waals surface area contributed by atoms with Gasteiger partial charge in [-0.2, -0.15) is 5.26 Å². The number of rotatable bonds is 1. The van der Waals surface area contributed by atoms with Crippen molar-refractivity contribution in [2.24, 2.45) is 0 Å². The van der Waals surface area contributed by atoms with Crippen LogP contribution in [0, 0.1) is 23.2 Å². The third kappa shape index (κ3) is 3.40.